The fourth-order valence-electron chi connectivity index (χ4n) is 2.95. The van der Waals surface area contributed by atoms with Crippen LogP contribution in [0.2, 0.25) is 0 Å². The van der Waals surface area contributed by atoms with Gasteiger partial charge in [-0.05, 0) is 30.3 Å². The molecule has 11 nitrogen and oxygen atoms in total. The fourth-order valence-corrected chi connectivity index (χ4v) is 2.95. The minimum Gasteiger partial charge on any atom is -0.478 e. The second kappa shape index (κ2) is 8.92. The van der Waals surface area contributed by atoms with Crippen LogP contribution in [0.5, 0.6) is 0 Å². The number of carboxylic acids is 2. The molecule has 0 aliphatic carbocycles. The Bertz CT molecular complexity index is 1230. The molecule has 0 saturated carbocycles. The van der Waals surface area contributed by atoms with Crippen molar-refractivity contribution in [1.82, 2.24) is 4.90 Å². The molecular formula is C21H14N2O9. The molecule has 1 heterocycles. The highest BCUT2D eigenvalue weighted by Crippen LogP contribution is 2.23. The third-order valence-corrected chi connectivity index (χ3v) is 4.45. The van der Waals surface area contributed by atoms with Crippen molar-refractivity contribution in [2.24, 2.45) is 0 Å². The van der Waals surface area contributed by atoms with E-state index in [1.165, 1.54) is 42.7 Å². The van der Waals surface area contributed by atoms with E-state index in [1.807, 2.05) is 0 Å². The van der Waals surface area contributed by atoms with Gasteiger partial charge in [0.25, 0.3) is 17.5 Å². The van der Waals surface area contributed by atoms with Crippen molar-refractivity contribution in [3.05, 3.63) is 99.0 Å². The van der Waals surface area contributed by atoms with E-state index in [2.05, 4.69) is 0 Å². The number of nitro groups is 1. The van der Waals surface area contributed by atoms with Gasteiger partial charge in [-0.15, -0.1) is 0 Å². The maximum atomic E-state index is 13.3. The zero-order chi connectivity index (χ0) is 23.4. The number of furan rings is 1. The van der Waals surface area contributed by atoms with Crippen molar-refractivity contribution < 1.29 is 38.7 Å². The van der Waals surface area contributed by atoms with Crippen LogP contribution in [0.1, 0.15) is 47.2 Å². The van der Waals surface area contributed by atoms with E-state index in [-0.39, 0.29) is 16.9 Å². The summed E-state index contributed by atoms with van der Waals surface area (Å²) in [4.78, 5) is 60.6. The average Bonchev–Trinajstić information content (AvgIpc) is 3.29. The van der Waals surface area contributed by atoms with Crippen LogP contribution in [0.3, 0.4) is 0 Å². The Morgan fingerprint density at radius 1 is 0.844 bits per heavy atom. The van der Waals surface area contributed by atoms with Gasteiger partial charge in [-0.3, -0.25) is 24.6 Å². The van der Waals surface area contributed by atoms with Gasteiger partial charge in [0.2, 0.25) is 0 Å². The van der Waals surface area contributed by atoms with Crippen LogP contribution < -0.4 is 0 Å². The van der Waals surface area contributed by atoms with Gasteiger partial charge in [0.15, 0.2) is 0 Å². The minimum atomic E-state index is -1.54. The van der Waals surface area contributed by atoms with Crippen molar-refractivity contribution >= 4 is 29.4 Å². The lowest BCUT2D eigenvalue weighted by Crippen LogP contribution is -2.38. The van der Waals surface area contributed by atoms with Crippen molar-refractivity contribution in [3.63, 3.8) is 0 Å². The molecule has 3 rings (SSSR count). The lowest BCUT2D eigenvalue weighted by Gasteiger charge is -2.21. The summed E-state index contributed by atoms with van der Waals surface area (Å²) in [6.45, 7) is -0.472. The van der Waals surface area contributed by atoms with Gasteiger partial charge in [-0.25, -0.2) is 9.59 Å². The minimum absolute atomic E-state index is 0.141. The van der Waals surface area contributed by atoms with Crippen LogP contribution in [0.4, 0.5) is 5.69 Å². The largest absolute Gasteiger partial charge is 0.478 e. The van der Waals surface area contributed by atoms with E-state index < -0.39 is 52.0 Å². The topological polar surface area (TPSA) is 168 Å². The summed E-state index contributed by atoms with van der Waals surface area (Å²) in [6.07, 6.45) is 1.28. The first-order valence-electron chi connectivity index (χ1n) is 8.93. The molecule has 11 heteroatoms. The van der Waals surface area contributed by atoms with E-state index in [1.54, 1.807) is 0 Å². The number of hydrogen-bond acceptors (Lipinski definition) is 7. The summed E-state index contributed by atoms with van der Waals surface area (Å²) in [7, 11) is 0. The van der Waals surface area contributed by atoms with Gasteiger partial charge in [0.05, 0.1) is 40.0 Å². The standard InChI is InChI=1S/C21H14N2O9/c24-18(14-5-1-2-6-15(14)20(26)27)22(11-13-4-3-9-32-13)19(25)17-10-12(23(30)31)7-8-16(17)21(28)29/h1-10H,11H2,(H,26,27)(H,28,29). The molecule has 0 fully saturated rings. The Balaban J connectivity index is 2.15. The van der Waals surface area contributed by atoms with Gasteiger partial charge in [-0.1, -0.05) is 12.1 Å². The third kappa shape index (κ3) is 4.36. The maximum absolute atomic E-state index is 13.3. The number of rotatable bonds is 7. The monoisotopic (exact) mass is 438 g/mol. The molecule has 2 aromatic carbocycles. The Morgan fingerprint density at radius 3 is 2.00 bits per heavy atom. The zero-order valence-electron chi connectivity index (χ0n) is 16.1. The lowest BCUT2D eigenvalue weighted by atomic mass is 10.0. The number of imide groups is 1. The summed E-state index contributed by atoms with van der Waals surface area (Å²) in [5.41, 5.74) is -2.45. The highest BCUT2D eigenvalue weighted by Gasteiger charge is 2.31. The highest BCUT2D eigenvalue weighted by molar-refractivity contribution is 6.16. The van der Waals surface area contributed by atoms with E-state index in [0.717, 1.165) is 18.2 Å². The highest BCUT2D eigenvalue weighted by atomic mass is 16.6. The van der Waals surface area contributed by atoms with E-state index in [0.29, 0.717) is 4.90 Å². The molecule has 162 valence electrons. The summed E-state index contributed by atoms with van der Waals surface area (Å²) in [5.74, 6) is -5.04. The second-order valence-corrected chi connectivity index (χ2v) is 6.42. The van der Waals surface area contributed by atoms with Gasteiger partial charge >= 0.3 is 11.9 Å². The summed E-state index contributed by atoms with van der Waals surface area (Å²) in [6, 6.07) is 10.6. The molecule has 3 aromatic rings. The van der Waals surface area contributed by atoms with E-state index in [9.17, 15) is 39.5 Å². The number of benzene rings is 2. The molecule has 2 amide bonds. The van der Waals surface area contributed by atoms with Gasteiger partial charge < -0.3 is 14.6 Å². The van der Waals surface area contributed by atoms with Crippen LogP contribution in [0.25, 0.3) is 0 Å². The number of carbonyl (C=O) groups is 4. The molecule has 0 atom stereocenters. The summed E-state index contributed by atoms with van der Waals surface area (Å²) < 4.78 is 5.17. The molecule has 0 spiro atoms. The first kappa shape index (κ1) is 21.9. The molecule has 0 aliphatic heterocycles. The SMILES string of the molecule is O=C(O)c1ccccc1C(=O)N(Cc1ccco1)C(=O)c1cc([N+](=O)[O-])ccc1C(=O)O. The van der Waals surface area contributed by atoms with Crippen molar-refractivity contribution in [2.45, 2.75) is 6.54 Å². The first-order chi connectivity index (χ1) is 15.2. The zero-order valence-corrected chi connectivity index (χ0v) is 16.1. The molecule has 0 bridgehead atoms. The van der Waals surface area contributed by atoms with Crippen LogP contribution in [-0.4, -0.2) is 43.8 Å². The van der Waals surface area contributed by atoms with Crippen LogP contribution >= 0.6 is 0 Å². The predicted octanol–water partition coefficient (Wildman–Crippen LogP) is 3.07. The van der Waals surface area contributed by atoms with Gasteiger partial charge in [-0.2, -0.15) is 0 Å². The lowest BCUT2D eigenvalue weighted by molar-refractivity contribution is -0.384. The maximum Gasteiger partial charge on any atom is 0.336 e. The molecule has 0 unspecified atom stereocenters. The second-order valence-electron chi connectivity index (χ2n) is 6.42. The Kier molecular flexibility index (Phi) is 6.10. The van der Waals surface area contributed by atoms with E-state index in [4.69, 9.17) is 4.42 Å². The van der Waals surface area contributed by atoms with Crippen molar-refractivity contribution in [2.75, 3.05) is 0 Å². The predicted molar refractivity (Wildman–Crippen MR) is 106 cm³/mol. The van der Waals surface area contributed by atoms with Crippen LogP contribution in [-0.2, 0) is 6.54 Å². The normalized spacial score (nSPS) is 10.4. The number of nitro benzene ring substituents is 1. The van der Waals surface area contributed by atoms with Gasteiger partial charge in [0, 0.05) is 12.1 Å². The van der Waals surface area contributed by atoms with Crippen LogP contribution in [0.15, 0.2) is 65.3 Å². The summed E-state index contributed by atoms with van der Waals surface area (Å²) >= 11 is 0. The Hall–Kier alpha value is -4.80. The number of hydrogen-bond donors (Lipinski definition) is 2. The van der Waals surface area contributed by atoms with E-state index >= 15 is 0 Å². The van der Waals surface area contributed by atoms with Crippen molar-refractivity contribution in [3.8, 4) is 0 Å². The number of amides is 2. The number of aromatic carboxylic acids is 2. The molecule has 0 aliphatic rings. The van der Waals surface area contributed by atoms with Gasteiger partial charge in [0.1, 0.15) is 5.76 Å². The Labute approximate surface area is 179 Å². The molecule has 1 aromatic heterocycles. The first-order valence-corrected chi connectivity index (χ1v) is 8.93. The quantitative estimate of drug-likeness (QED) is 0.320. The molecule has 0 saturated heterocycles. The number of nitrogens with zero attached hydrogens (tertiary/aromatic N) is 2. The number of carbonyl (C=O) groups excluding carboxylic acids is 2. The van der Waals surface area contributed by atoms with Crippen molar-refractivity contribution in [1.29, 1.82) is 0 Å². The number of carboxylic acid groups (broad SMARTS) is 2. The third-order valence-electron chi connectivity index (χ3n) is 4.45. The smallest absolute Gasteiger partial charge is 0.336 e. The molecular weight excluding hydrogens is 424 g/mol. The average molecular weight is 438 g/mol. The Morgan fingerprint density at radius 2 is 1.44 bits per heavy atom. The molecule has 2 N–H and O–H groups in total. The summed E-state index contributed by atoms with van der Waals surface area (Å²) in [5, 5.41) is 30.0. The number of non-ortho nitro benzene ring substituents is 1. The van der Waals surface area contributed by atoms with Crippen LogP contribution in [0, 0.1) is 10.1 Å². The molecule has 32 heavy (non-hydrogen) atoms. The fraction of sp³-hybridized carbons (Fsp3) is 0.0476. The molecule has 0 radical (unpaired) electrons.